The Hall–Kier alpha value is -2.41. The van der Waals surface area contributed by atoms with Crippen molar-refractivity contribution in [1.29, 1.82) is 0 Å². The SMILES string of the molecule is O=C(OCc1ccccc1)N1CCC(n2cc(CO)nn2)C1. The number of hydrogen-bond donors (Lipinski definition) is 1. The number of carbonyl (C=O) groups is 1. The Bertz CT molecular complexity index is 629. The van der Waals surface area contributed by atoms with Gasteiger partial charge in [0, 0.05) is 13.1 Å². The summed E-state index contributed by atoms with van der Waals surface area (Å²) in [6.07, 6.45) is 2.20. The first-order valence-corrected chi connectivity index (χ1v) is 7.23. The lowest BCUT2D eigenvalue weighted by Gasteiger charge is -2.16. The molecule has 1 aliphatic rings. The highest BCUT2D eigenvalue weighted by molar-refractivity contribution is 5.68. The number of hydrogen-bond acceptors (Lipinski definition) is 5. The number of aromatic nitrogens is 3. The summed E-state index contributed by atoms with van der Waals surface area (Å²) in [4.78, 5) is 13.7. The van der Waals surface area contributed by atoms with Crippen LogP contribution in [0, 0.1) is 0 Å². The molecule has 1 aromatic carbocycles. The summed E-state index contributed by atoms with van der Waals surface area (Å²) in [5.41, 5.74) is 1.50. The lowest BCUT2D eigenvalue weighted by atomic mass is 10.2. The number of ether oxygens (including phenoxy) is 1. The van der Waals surface area contributed by atoms with E-state index < -0.39 is 0 Å². The maximum Gasteiger partial charge on any atom is 0.410 e. The molecule has 2 aromatic rings. The zero-order valence-corrected chi connectivity index (χ0v) is 12.1. The first kappa shape index (κ1) is 14.5. The number of aliphatic hydroxyl groups is 1. The predicted octanol–water partition coefficient (Wildman–Crippen LogP) is 1.35. The average Bonchev–Trinajstić information content (AvgIpc) is 3.22. The molecular formula is C15H18N4O3. The van der Waals surface area contributed by atoms with Gasteiger partial charge >= 0.3 is 6.09 Å². The fraction of sp³-hybridized carbons (Fsp3) is 0.400. The monoisotopic (exact) mass is 302 g/mol. The topological polar surface area (TPSA) is 80.5 Å². The van der Waals surface area contributed by atoms with Gasteiger partial charge in [0.05, 0.1) is 18.8 Å². The van der Waals surface area contributed by atoms with Gasteiger partial charge < -0.3 is 14.7 Å². The molecule has 0 spiro atoms. The van der Waals surface area contributed by atoms with Crippen LogP contribution >= 0.6 is 0 Å². The van der Waals surface area contributed by atoms with E-state index in [1.165, 1.54) is 0 Å². The van der Waals surface area contributed by atoms with Gasteiger partial charge in [-0.1, -0.05) is 35.5 Å². The zero-order chi connectivity index (χ0) is 15.4. The Labute approximate surface area is 128 Å². The molecule has 0 saturated carbocycles. The second kappa shape index (κ2) is 6.57. The number of amides is 1. The van der Waals surface area contributed by atoms with Crippen LogP contribution in [-0.4, -0.2) is 44.2 Å². The van der Waals surface area contributed by atoms with E-state index in [0.717, 1.165) is 12.0 Å². The van der Waals surface area contributed by atoms with Crippen molar-refractivity contribution in [3.63, 3.8) is 0 Å². The third kappa shape index (κ3) is 3.25. The molecule has 116 valence electrons. The Morgan fingerprint density at radius 1 is 1.36 bits per heavy atom. The van der Waals surface area contributed by atoms with Crippen LogP contribution in [0.3, 0.4) is 0 Å². The van der Waals surface area contributed by atoms with E-state index >= 15 is 0 Å². The van der Waals surface area contributed by atoms with Crippen molar-refractivity contribution >= 4 is 6.09 Å². The van der Waals surface area contributed by atoms with E-state index in [1.807, 2.05) is 30.3 Å². The molecule has 1 aromatic heterocycles. The standard InChI is InChI=1S/C15H18N4O3/c20-10-13-8-19(17-16-13)14-6-7-18(9-14)15(21)22-11-12-4-2-1-3-5-12/h1-5,8,14,20H,6-7,9-11H2. The van der Waals surface area contributed by atoms with Crippen LogP contribution in [0.25, 0.3) is 0 Å². The zero-order valence-electron chi connectivity index (χ0n) is 12.1. The molecular weight excluding hydrogens is 284 g/mol. The molecule has 0 aliphatic carbocycles. The average molecular weight is 302 g/mol. The molecule has 3 rings (SSSR count). The van der Waals surface area contributed by atoms with E-state index in [2.05, 4.69) is 10.3 Å². The highest BCUT2D eigenvalue weighted by Crippen LogP contribution is 2.21. The van der Waals surface area contributed by atoms with Crippen molar-refractivity contribution in [3.05, 3.63) is 47.8 Å². The van der Waals surface area contributed by atoms with Gasteiger partial charge in [0.15, 0.2) is 0 Å². The van der Waals surface area contributed by atoms with Crippen LogP contribution in [0.4, 0.5) is 4.79 Å². The molecule has 1 saturated heterocycles. The van der Waals surface area contributed by atoms with E-state index in [4.69, 9.17) is 9.84 Å². The minimum absolute atomic E-state index is 0.0806. The number of likely N-dealkylation sites (tertiary alicyclic amines) is 1. The number of benzene rings is 1. The maximum atomic E-state index is 12.1. The highest BCUT2D eigenvalue weighted by atomic mass is 16.6. The summed E-state index contributed by atoms with van der Waals surface area (Å²) in [5.74, 6) is 0. The molecule has 0 radical (unpaired) electrons. The van der Waals surface area contributed by atoms with E-state index in [1.54, 1.807) is 15.8 Å². The summed E-state index contributed by atoms with van der Waals surface area (Å²) >= 11 is 0. The first-order valence-electron chi connectivity index (χ1n) is 7.23. The highest BCUT2D eigenvalue weighted by Gasteiger charge is 2.29. The van der Waals surface area contributed by atoms with Crippen molar-refractivity contribution in [2.24, 2.45) is 0 Å². The summed E-state index contributed by atoms with van der Waals surface area (Å²) in [6, 6.07) is 9.68. The number of nitrogens with zero attached hydrogens (tertiary/aromatic N) is 4. The molecule has 7 heteroatoms. The van der Waals surface area contributed by atoms with Crippen molar-refractivity contribution in [1.82, 2.24) is 19.9 Å². The molecule has 1 aliphatic heterocycles. The van der Waals surface area contributed by atoms with E-state index in [0.29, 0.717) is 18.8 Å². The van der Waals surface area contributed by atoms with Crippen LogP contribution in [0.5, 0.6) is 0 Å². The second-order valence-corrected chi connectivity index (χ2v) is 5.28. The number of rotatable bonds is 4. The smallest absolute Gasteiger partial charge is 0.410 e. The third-order valence-electron chi connectivity index (χ3n) is 3.72. The fourth-order valence-electron chi connectivity index (χ4n) is 2.50. The normalized spacial score (nSPS) is 17.7. The van der Waals surface area contributed by atoms with E-state index in [-0.39, 0.29) is 25.3 Å². The molecule has 1 fully saturated rings. The van der Waals surface area contributed by atoms with Gasteiger partial charge in [-0.3, -0.25) is 0 Å². The third-order valence-corrected chi connectivity index (χ3v) is 3.72. The van der Waals surface area contributed by atoms with Gasteiger partial charge in [0.25, 0.3) is 0 Å². The minimum atomic E-state index is -0.311. The summed E-state index contributed by atoms with van der Waals surface area (Å²) in [7, 11) is 0. The van der Waals surface area contributed by atoms with E-state index in [9.17, 15) is 4.79 Å². The second-order valence-electron chi connectivity index (χ2n) is 5.28. The minimum Gasteiger partial charge on any atom is -0.445 e. The molecule has 0 bridgehead atoms. The Morgan fingerprint density at radius 2 is 2.18 bits per heavy atom. The lowest BCUT2D eigenvalue weighted by Crippen LogP contribution is -2.29. The van der Waals surface area contributed by atoms with Gasteiger partial charge in [-0.25, -0.2) is 9.48 Å². The Balaban J connectivity index is 1.52. The van der Waals surface area contributed by atoms with Crippen LogP contribution in [-0.2, 0) is 18.0 Å². The largest absolute Gasteiger partial charge is 0.445 e. The molecule has 1 unspecified atom stereocenters. The molecule has 22 heavy (non-hydrogen) atoms. The molecule has 7 nitrogen and oxygen atoms in total. The predicted molar refractivity (Wildman–Crippen MR) is 77.8 cm³/mol. The number of carbonyl (C=O) groups excluding carboxylic acids is 1. The van der Waals surface area contributed by atoms with Gasteiger partial charge in [-0.05, 0) is 12.0 Å². The maximum absolute atomic E-state index is 12.1. The van der Waals surface area contributed by atoms with Crippen molar-refractivity contribution in [2.45, 2.75) is 25.7 Å². The summed E-state index contributed by atoms with van der Waals surface area (Å²) < 4.78 is 7.03. The van der Waals surface area contributed by atoms with Gasteiger partial charge in [0.2, 0.25) is 0 Å². The molecule has 1 amide bonds. The first-order chi connectivity index (χ1) is 10.8. The van der Waals surface area contributed by atoms with Crippen LogP contribution in [0.15, 0.2) is 36.5 Å². The van der Waals surface area contributed by atoms with Crippen LogP contribution in [0.1, 0.15) is 23.7 Å². The van der Waals surface area contributed by atoms with Crippen LogP contribution < -0.4 is 0 Å². The van der Waals surface area contributed by atoms with Crippen molar-refractivity contribution in [3.8, 4) is 0 Å². The van der Waals surface area contributed by atoms with Gasteiger partial charge in [-0.2, -0.15) is 0 Å². The van der Waals surface area contributed by atoms with Gasteiger partial charge in [-0.15, -0.1) is 5.10 Å². The lowest BCUT2D eigenvalue weighted by molar-refractivity contribution is 0.103. The molecule has 2 heterocycles. The Kier molecular flexibility index (Phi) is 4.34. The van der Waals surface area contributed by atoms with Gasteiger partial charge in [0.1, 0.15) is 12.3 Å². The molecule has 1 atom stereocenters. The molecule has 1 N–H and O–H groups in total. The van der Waals surface area contributed by atoms with Crippen molar-refractivity contribution < 1.29 is 14.6 Å². The Morgan fingerprint density at radius 3 is 2.91 bits per heavy atom. The summed E-state index contributed by atoms with van der Waals surface area (Å²) in [5, 5.41) is 16.8. The van der Waals surface area contributed by atoms with Crippen LogP contribution in [0.2, 0.25) is 0 Å². The van der Waals surface area contributed by atoms with Crippen molar-refractivity contribution in [2.75, 3.05) is 13.1 Å². The number of aliphatic hydroxyl groups excluding tert-OH is 1. The fourth-order valence-corrected chi connectivity index (χ4v) is 2.50. The summed E-state index contributed by atoms with van der Waals surface area (Å²) in [6.45, 7) is 1.32. The quantitative estimate of drug-likeness (QED) is 0.922.